The Bertz CT molecular complexity index is 1150. The summed E-state index contributed by atoms with van der Waals surface area (Å²) in [4.78, 5) is 7.32. The van der Waals surface area contributed by atoms with Gasteiger partial charge in [0.1, 0.15) is 22.7 Å². The number of aryl methyl sites for hydroxylation is 1. The van der Waals surface area contributed by atoms with Crippen LogP contribution in [-0.2, 0) is 14.6 Å². The Labute approximate surface area is 167 Å². The number of rotatable bonds is 4. The number of fused-ring (bicyclic) bond motifs is 1. The minimum Gasteiger partial charge on any atom is -0.377 e. The van der Waals surface area contributed by atoms with E-state index in [1.165, 1.54) is 11.5 Å². The van der Waals surface area contributed by atoms with E-state index in [1.807, 2.05) is 13.0 Å². The zero-order valence-electron chi connectivity index (χ0n) is 15.7. The predicted molar refractivity (Wildman–Crippen MR) is 108 cm³/mol. The first-order valence-corrected chi connectivity index (χ1v) is 11.7. The van der Waals surface area contributed by atoms with Crippen LogP contribution in [0.5, 0.6) is 0 Å². The van der Waals surface area contributed by atoms with Gasteiger partial charge in [-0.3, -0.25) is 5.10 Å². The second-order valence-corrected chi connectivity index (χ2v) is 10.5. The number of nitrogens with one attached hydrogen (secondary N) is 1. The van der Waals surface area contributed by atoms with Crippen LogP contribution >= 0.6 is 11.5 Å². The second-order valence-electron chi connectivity index (χ2n) is 7.49. The summed E-state index contributed by atoms with van der Waals surface area (Å²) in [6.07, 6.45) is 1.44. The highest BCUT2D eigenvalue weighted by Crippen LogP contribution is 2.41. The Balaban J connectivity index is 1.74. The average molecular weight is 420 g/mol. The van der Waals surface area contributed by atoms with Gasteiger partial charge in [0.2, 0.25) is 0 Å². The Hall–Kier alpha value is -2.04. The predicted octanol–water partition coefficient (Wildman–Crippen LogP) is 2.55. The van der Waals surface area contributed by atoms with Gasteiger partial charge in [-0.15, -0.1) is 0 Å². The molecule has 0 bridgehead atoms. The average Bonchev–Trinajstić information content (AvgIpc) is 3.33. The number of anilines is 1. The Kier molecular flexibility index (Phi) is 4.18. The molecule has 0 aromatic carbocycles. The quantitative estimate of drug-likeness (QED) is 0.693. The van der Waals surface area contributed by atoms with Crippen LogP contribution in [0.1, 0.15) is 25.5 Å². The molecule has 4 heterocycles. The van der Waals surface area contributed by atoms with Gasteiger partial charge < -0.3 is 9.64 Å². The number of hydrogen-bond acceptors (Lipinski definition) is 8. The third kappa shape index (κ3) is 2.90. The number of hydrogen-bond donors (Lipinski definition) is 1. The fraction of sp³-hybridized carbons (Fsp3) is 0.500. The molecule has 1 atom stereocenters. The molecule has 0 spiro atoms. The number of H-pyrrole nitrogens is 1. The Morgan fingerprint density at radius 2 is 2.14 bits per heavy atom. The van der Waals surface area contributed by atoms with Gasteiger partial charge in [-0.1, -0.05) is 0 Å². The van der Waals surface area contributed by atoms with Gasteiger partial charge in [-0.25, -0.2) is 13.4 Å². The van der Waals surface area contributed by atoms with Gasteiger partial charge in [0, 0.05) is 18.3 Å². The third-order valence-electron chi connectivity index (χ3n) is 5.26. The number of ether oxygens (including phenoxy) is 1. The van der Waals surface area contributed by atoms with Crippen molar-refractivity contribution >= 4 is 37.4 Å². The van der Waals surface area contributed by atoms with Crippen molar-refractivity contribution in [2.75, 3.05) is 24.7 Å². The monoisotopic (exact) mass is 419 g/mol. The molecular weight excluding hydrogens is 398 g/mol. The van der Waals surface area contributed by atoms with E-state index in [9.17, 15) is 8.42 Å². The minimum atomic E-state index is -3.39. The number of nitrogens with zero attached hydrogens (tertiary/aromatic N) is 4. The lowest BCUT2D eigenvalue weighted by Crippen LogP contribution is -2.44. The van der Waals surface area contributed by atoms with Gasteiger partial charge in [-0.05, 0) is 44.3 Å². The van der Waals surface area contributed by atoms with Gasteiger partial charge in [0.25, 0.3) is 0 Å². The van der Waals surface area contributed by atoms with Gasteiger partial charge in [0.05, 0.1) is 34.1 Å². The molecule has 1 unspecified atom stereocenters. The molecule has 1 saturated heterocycles. The molecule has 3 aromatic rings. The summed E-state index contributed by atoms with van der Waals surface area (Å²) in [5.74, 6) is 0.663. The SMILES string of the molecule is Cc1cc(-c2nsc3c(S(=O)(=O)C4CC4)cc(N4CCOCC4C)nc23)n[nH]1. The van der Waals surface area contributed by atoms with Crippen molar-refractivity contribution in [1.82, 2.24) is 19.6 Å². The van der Waals surface area contributed by atoms with E-state index >= 15 is 0 Å². The van der Waals surface area contributed by atoms with E-state index in [0.29, 0.717) is 52.1 Å². The van der Waals surface area contributed by atoms with Crippen molar-refractivity contribution in [2.45, 2.75) is 42.9 Å². The van der Waals surface area contributed by atoms with Crippen LogP contribution in [0.3, 0.4) is 0 Å². The molecular formula is C18H21N5O3S2. The molecule has 1 saturated carbocycles. The van der Waals surface area contributed by atoms with Crippen molar-refractivity contribution < 1.29 is 13.2 Å². The summed E-state index contributed by atoms with van der Waals surface area (Å²) in [7, 11) is -3.39. The van der Waals surface area contributed by atoms with Crippen LogP contribution in [0, 0.1) is 6.92 Å². The summed E-state index contributed by atoms with van der Waals surface area (Å²) in [6, 6.07) is 3.75. The van der Waals surface area contributed by atoms with Crippen LogP contribution in [0.4, 0.5) is 5.82 Å². The van der Waals surface area contributed by atoms with E-state index in [4.69, 9.17) is 9.72 Å². The topological polar surface area (TPSA) is 101 Å². The fourth-order valence-electron chi connectivity index (χ4n) is 3.57. The van der Waals surface area contributed by atoms with Crippen LogP contribution < -0.4 is 4.90 Å². The standard InChI is InChI=1S/C18H21N5O3S2/c1-10-7-13(21-20-10)16-17-18(27-22-16)14(28(24,25)12-3-4-12)8-15(19-17)23-5-6-26-9-11(23)2/h7-8,11-12H,3-6,9H2,1-2H3,(H,20,21). The number of morpholine rings is 1. The van der Waals surface area contributed by atoms with Crippen molar-refractivity contribution in [3.63, 3.8) is 0 Å². The Morgan fingerprint density at radius 3 is 2.82 bits per heavy atom. The first kappa shape index (κ1) is 18.0. The number of sulfone groups is 1. The van der Waals surface area contributed by atoms with Crippen LogP contribution in [-0.4, -0.2) is 59.0 Å². The third-order valence-corrected chi connectivity index (χ3v) is 8.54. The van der Waals surface area contributed by atoms with Crippen molar-refractivity contribution in [2.24, 2.45) is 0 Å². The largest absolute Gasteiger partial charge is 0.377 e. The van der Waals surface area contributed by atoms with Gasteiger partial charge >= 0.3 is 0 Å². The number of aromatic nitrogens is 4. The molecule has 5 rings (SSSR count). The second kappa shape index (κ2) is 6.50. The Morgan fingerprint density at radius 1 is 1.32 bits per heavy atom. The molecule has 3 aromatic heterocycles. The van der Waals surface area contributed by atoms with Crippen LogP contribution in [0.15, 0.2) is 17.0 Å². The zero-order valence-corrected chi connectivity index (χ0v) is 17.3. The zero-order chi connectivity index (χ0) is 19.5. The maximum atomic E-state index is 13.2. The summed E-state index contributed by atoms with van der Waals surface area (Å²) in [6.45, 7) is 5.85. The molecule has 10 heteroatoms. The summed E-state index contributed by atoms with van der Waals surface area (Å²) >= 11 is 1.18. The van der Waals surface area contributed by atoms with Gasteiger partial charge in [0.15, 0.2) is 9.84 Å². The molecule has 2 fully saturated rings. The van der Waals surface area contributed by atoms with E-state index in [1.54, 1.807) is 6.07 Å². The van der Waals surface area contributed by atoms with Crippen LogP contribution in [0.2, 0.25) is 0 Å². The normalized spacial score (nSPS) is 20.8. The number of pyridine rings is 1. The minimum absolute atomic E-state index is 0.123. The van der Waals surface area contributed by atoms with Crippen LogP contribution in [0.25, 0.3) is 21.6 Å². The molecule has 1 aliphatic heterocycles. The first-order valence-electron chi connectivity index (χ1n) is 9.36. The highest BCUT2D eigenvalue weighted by molar-refractivity contribution is 7.92. The maximum Gasteiger partial charge on any atom is 0.182 e. The molecule has 2 aliphatic rings. The van der Waals surface area contributed by atoms with Gasteiger partial charge in [-0.2, -0.15) is 9.47 Å². The molecule has 28 heavy (non-hydrogen) atoms. The van der Waals surface area contributed by atoms with Crippen molar-refractivity contribution in [1.29, 1.82) is 0 Å². The summed E-state index contributed by atoms with van der Waals surface area (Å²) < 4.78 is 37.0. The van der Waals surface area contributed by atoms with E-state index < -0.39 is 9.84 Å². The molecule has 0 radical (unpaired) electrons. The molecule has 1 N–H and O–H groups in total. The summed E-state index contributed by atoms with van der Waals surface area (Å²) in [5.41, 5.74) is 2.82. The van der Waals surface area contributed by atoms with E-state index in [2.05, 4.69) is 26.4 Å². The van der Waals surface area contributed by atoms with E-state index in [-0.39, 0.29) is 11.3 Å². The molecule has 1 aliphatic carbocycles. The van der Waals surface area contributed by atoms with Crippen molar-refractivity contribution in [3.05, 3.63) is 17.8 Å². The molecule has 148 valence electrons. The molecule has 0 amide bonds. The highest BCUT2D eigenvalue weighted by Gasteiger charge is 2.39. The number of aromatic amines is 1. The lowest BCUT2D eigenvalue weighted by molar-refractivity contribution is 0.0985. The fourth-order valence-corrected chi connectivity index (χ4v) is 6.51. The molecule has 8 nitrogen and oxygen atoms in total. The van der Waals surface area contributed by atoms with Crippen molar-refractivity contribution in [3.8, 4) is 11.4 Å². The first-order chi connectivity index (χ1) is 13.4. The highest BCUT2D eigenvalue weighted by atomic mass is 32.2. The smallest absolute Gasteiger partial charge is 0.182 e. The lowest BCUT2D eigenvalue weighted by Gasteiger charge is -2.34. The lowest BCUT2D eigenvalue weighted by atomic mass is 10.2. The maximum absolute atomic E-state index is 13.2. The van der Waals surface area contributed by atoms with E-state index in [0.717, 1.165) is 18.5 Å². The summed E-state index contributed by atoms with van der Waals surface area (Å²) in [5, 5.41) is 6.94.